The monoisotopic (exact) mass is 272 g/mol. The van der Waals surface area contributed by atoms with E-state index in [-0.39, 0.29) is 0 Å². The normalized spacial score (nSPS) is 15.4. The average molecular weight is 272 g/mol. The van der Waals surface area contributed by atoms with Crippen molar-refractivity contribution in [1.82, 2.24) is 4.90 Å². The van der Waals surface area contributed by atoms with Gasteiger partial charge in [-0.15, -0.1) is 0 Å². The second kappa shape index (κ2) is 7.91. The lowest BCUT2D eigenvalue weighted by Crippen LogP contribution is -2.26. The fourth-order valence-corrected chi connectivity index (χ4v) is 2.90. The minimum absolute atomic E-state index is 0.654. The molecule has 0 radical (unpaired) electrons. The van der Waals surface area contributed by atoms with Crippen LogP contribution in [0.25, 0.3) is 0 Å². The molecule has 1 aliphatic rings. The molecule has 20 heavy (non-hydrogen) atoms. The Morgan fingerprint density at radius 1 is 1.35 bits per heavy atom. The van der Waals surface area contributed by atoms with E-state index in [4.69, 9.17) is 10.00 Å². The number of ether oxygens (including phenoxy) is 1. The van der Waals surface area contributed by atoms with Gasteiger partial charge in [0.2, 0.25) is 0 Å². The van der Waals surface area contributed by atoms with E-state index in [0.717, 1.165) is 24.6 Å². The summed E-state index contributed by atoms with van der Waals surface area (Å²) in [4.78, 5) is 2.42. The Morgan fingerprint density at radius 3 is 2.90 bits per heavy atom. The molecular formula is C17H24N2O. The Hall–Kier alpha value is -1.53. The van der Waals surface area contributed by atoms with E-state index in [1.165, 1.54) is 32.2 Å². The summed E-state index contributed by atoms with van der Waals surface area (Å²) in [6, 6.07) is 9.48. The maximum Gasteiger partial charge on any atom is 0.120 e. The zero-order valence-corrected chi connectivity index (χ0v) is 12.3. The molecule has 0 unspecified atom stereocenters. The third kappa shape index (κ3) is 4.86. The molecule has 0 aliphatic heterocycles. The predicted octanol–water partition coefficient (Wildman–Crippen LogP) is 3.45. The fraction of sp³-hybridized carbons (Fsp3) is 0.588. The van der Waals surface area contributed by atoms with Gasteiger partial charge in [0.05, 0.1) is 18.2 Å². The number of hydrogen-bond acceptors (Lipinski definition) is 3. The molecule has 1 fully saturated rings. The molecule has 0 bridgehead atoms. The molecule has 2 rings (SSSR count). The minimum Gasteiger partial charge on any atom is -0.494 e. The van der Waals surface area contributed by atoms with Gasteiger partial charge in [0.15, 0.2) is 0 Å². The average Bonchev–Trinajstić information content (AvgIpc) is 2.97. The molecule has 1 aromatic carbocycles. The summed E-state index contributed by atoms with van der Waals surface area (Å²) in [5, 5.41) is 8.83. The first-order valence-corrected chi connectivity index (χ1v) is 7.59. The SMILES string of the molecule is CN(CCCOc1cccc(C#N)c1)CC1CCCC1. The topological polar surface area (TPSA) is 36.3 Å². The molecule has 108 valence electrons. The lowest BCUT2D eigenvalue weighted by atomic mass is 10.1. The second-order valence-electron chi connectivity index (χ2n) is 5.75. The van der Waals surface area contributed by atoms with E-state index in [2.05, 4.69) is 18.0 Å². The van der Waals surface area contributed by atoms with Crippen molar-refractivity contribution in [3.8, 4) is 11.8 Å². The standard InChI is InChI=1S/C17H24N2O/c1-19(14-15-6-2-3-7-15)10-5-11-20-17-9-4-8-16(12-17)13-18/h4,8-9,12,15H,2-3,5-7,10-11,14H2,1H3. The Morgan fingerprint density at radius 2 is 2.15 bits per heavy atom. The van der Waals surface area contributed by atoms with Gasteiger partial charge in [0.1, 0.15) is 5.75 Å². The highest BCUT2D eigenvalue weighted by atomic mass is 16.5. The van der Waals surface area contributed by atoms with Crippen molar-refractivity contribution >= 4 is 0 Å². The maximum atomic E-state index is 8.83. The first-order valence-electron chi connectivity index (χ1n) is 7.59. The highest BCUT2D eigenvalue weighted by Gasteiger charge is 2.16. The summed E-state index contributed by atoms with van der Waals surface area (Å²) in [5.74, 6) is 1.70. The smallest absolute Gasteiger partial charge is 0.120 e. The number of nitriles is 1. The number of hydrogen-bond donors (Lipinski definition) is 0. The summed E-state index contributed by atoms with van der Waals surface area (Å²) in [7, 11) is 2.20. The number of rotatable bonds is 7. The van der Waals surface area contributed by atoms with Crippen LogP contribution in [0.1, 0.15) is 37.7 Å². The Labute approximate surface area is 122 Å². The zero-order chi connectivity index (χ0) is 14.2. The first kappa shape index (κ1) is 14.9. The minimum atomic E-state index is 0.654. The number of nitrogens with zero attached hydrogens (tertiary/aromatic N) is 2. The molecule has 0 aromatic heterocycles. The molecule has 1 aliphatic carbocycles. The van der Waals surface area contributed by atoms with Crippen molar-refractivity contribution in [2.75, 3.05) is 26.7 Å². The van der Waals surface area contributed by atoms with Gasteiger partial charge in [-0.3, -0.25) is 0 Å². The summed E-state index contributed by atoms with van der Waals surface area (Å²) in [6.45, 7) is 3.02. The van der Waals surface area contributed by atoms with E-state index >= 15 is 0 Å². The highest BCUT2D eigenvalue weighted by molar-refractivity contribution is 5.36. The van der Waals surface area contributed by atoms with Gasteiger partial charge in [0, 0.05) is 13.1 Å². The van der Waals surface area contributed by atoms with Crippen molar-refractivity contribution in [3.05, 3.63) is 29.8 Å². The molecule has 1 saturated carbocycles. The van der Waals surface area contributed by atoms with Gasteiger partial charge in [-0.1, -0.05) is 18.9 Å². The lowest BCUT2D eigenvalue weighted by Gasteiger charge is -2.20. The van der Waals surface area contributed by atoms with E-state index in [1.807, 2.05) is 12.1 Å². The van der Waals surface area contributed by atoms with Gasteiger partial charge in [0.25, 0.3) is 0 Å². The summed E-state index contributed by atoms with van der Waals surface area (Å²) in [6.07, 6.45) is 6.66. The molecule has 0 saturated heterocycles. The van der Waals surface area contributed by atoms with E-state index in [9.17, 15) is 0 Å². The van der Waals surface area contributed by atoms with Crippen LogP contribution in [0.15, 0.2) is 24.3 Å². The molecule has 3 nitrogen and oxygen atoms in total. The quantitative estimate of drug-likeness (QED) is 0.713. The Kier molecular flexibility index (Phi) is 5.88. The summed E-state index contributed by atoms with van der Waals surface area (Å²) >= 11 is 0. The lowest BCUT2D eigenvalue weighted by molar-refractivity contribution is 0.239. The van der Waals surface area contributed by atoms with Gasteiger partial charge < -0.3 is 9.64 Å². The molecule has 0 N–H and O–H groups in total. The summed E-state index contributed by atoms with van der Waals surface area (Å²) in [5.41, 5.74) is 0.654. The molecule has 0 atom stereocenters. The van der Waals surface area contributed by atoms with Gasteiger partial charge in [-0.05, 0) is 50.4 Å². The van der Waals surface area contributed by atoms with Crippen molar-refractivity contribution in [1.29, 1.82) is 5.26 Å². The molecule has 1 aromatic rings. The molecule has 0 amide bonds. The Balaban J connectivity index is 1.61. The van der Waals surface area contributed by atoms with Crippen LogP contribution in [-0.2, 0) is 0 Å². The van der Waals surface area contributed by atoms with Crippen LogP contribution < -0.4 is 4.74 Å². The van der Waals surface area contributed by atoms with E-state index < -0.39 is 0 Å². The van der Waals surface area contributed by atoms with Crippen LogP contribution in [0.3, 0.4) is 0 Å². The van der Waals surface area contributed by atoms with Crippen LogP contribution in [0.5, 0.6) is 5.75 Å². The van der Waals surface area contributed by atoms with Crippen molar-refractivity contribution in [2.24, 2.45) is 5.92 Å². The van der Waals surface area contributed by atoms with Crippen molar-refractivity contribution in [3.63, 3.8) is 0 Å². The first-order chi connectivity index (χ1) is 9.78. The van der Waals surface area contributed by atoms with Gasteiger partial charge in [-0.2, -0.15) is 5.26 Å². The van der Waals surface area contributed by atoms with Crippen LogP contribution in [0.4, 0.5) is 0 Å². The van der Waals surface area contributed by atoms with Crippen LogP contribution >= 0.6 is 0 Å². The molecule has 0 heterocycles. The van der Waals surface area contributed by atoms with Crippen LogP contribution in [0, 0.1) is 17.2 Å². The summed E-state index contributed by atoms with van der Waals surface area (Å²) < 4.78 is 5.69. The zero-order valence-electron chi connectivity index (χ0n) is 12.3. The molecular weight excluding hydrogens is 248 g/mol. The van der Waals surface area contributed by atoms with E-state index in [1.54, 1.807) is 12.1 Å². The number of benzene rings is 1. The van der Waals surface area contributed by atoms with Crippen molar-refractivity contribution < 1.29 is 4.74 Å². The highest BCUT2D eigenvalue weighted by Crippen LogP contribution is 2.25. The fourth-order valence-electron chi connectivity index (χ4n) is 2.90. The third-order valence-electron chi connectivity index (χ3n) is 3.96. The van der Waals surface area contributed by atoms with Crippen molar-refractivity contribution in [2.45, 2.75) is 32.1 Å². The Bertz CT molecular complexity index is 447. The van der Waals surface area contributed by atoms with Crippen LogP contribution in [-0.4, -0.2) is 31.6 Å². The van der Waals surface area contributed by atoms with Crippen LogP contribution in [0.2, 0.25) is 0 Å². The largest absolute Gasteiger partial charge is 0.494 e. The van der Waals surface area contributed by atoms with Gasteiger partial charge >= 0.3 is 0 Å². The second-order valence-corrected chi connectivity index (χ2v) is 5.75. The predicted molar refractivity (Wildman–Crippen MR) is 80.7 cm³/mol. The van der Waals surface area contributed by atoms with Gasteiger partial charge in [-0.25, -0.2) is 0 Å². The van der Waals surface area contributed by atoms with E-state index in [0.29, 0.717) is 12.2 Å². The molecule has 3 heteroatoms. The molecule has 0 spiro atoms. The maximum absolute atomic E-state index is 8.83. The third-order valence-corrected chi connectivity index (χ3v) is 3.96.